The van der Waals surface area contributed by atoms with Crippen molar-refractivity contribution >= 4 is 23.9 Å². The van der Waals surface area contributed by atoms with Crippen LogP contribution in [-0.2, 0) is 42.9 Å². The number of hydrogen-bond acceptors (Lipinski definition) is 10. The quantitative estimate of drug-likeness (QED) is 0.250. The van der Waals surface area contributed by atoms with Gasteiger partial charge in [0.15, 0.2) is 0 Å². The lowest BCUT2D eigenvalue weighted by Gasteiger charge is -2.57. The minimum absolute atomic E-state index is 0.131. The molecule has 0 radical (unpaired) electrons. The molecule has 10 nitrogen and oxygen atoms in total. The van der Waals surface area contributed by atoms with Crippen molar-refractivity contribution in [2.75, 3.05) is 0 Å². The highest BCUT2D eigenvalue weighted by Gasteiger charge is 2.84. The molecule has 2 aliphatic carbocycles. The van der Waals surface area contributed by atoms with Crippen LogP contribution < -0.4 is 0 Å². The maximum atomic E-state index is 13.0. The summed E-state index contributed by atoms with van der Waals surface area (Å²) < 4.78 is 29.1. The second-order valence-corrected chi connectivity index (χ2v) is 12.3. The molecule has 0 unspecified atom stereocenters. The Kier molecular flexibility index (Phi) is 5.04. The normalized spacial score (nSPS) is 48.2. The van der Waals surface area contributed by atoms with Crippen molar-refractivity contribution in [3.8, 4) is 0 Å². The Morgan fingerprint density at radius 1 is 1.13 bits per heavy atom. The second kappa shape index (κ2) is 7.57. The first kappa shape index (κ1) is 25.3. The number of cyclic esters (lactones) is 2. The van der Waals surface area contributed by atoms with Crippen LogP contribution in [0.2, 0.25) is 0 Å². The third kappa shape index (κ3) is 3.01. The number of hydrogen-bond donors (Lipinski definition) is 1. The maximum absolute atomic E-state index is 13.0. The van der Waals surface area contributed by atoms with Gasteiger partial charge in [-0.25, -0.2) is 9.59 Å². The third-order valence-electron chi connectivity index (χ3n) is 10.1. The van der Waals surface area contributed by atoms with Gasteiger partial charge in [0.05, 0.1) is 17.9 Å². The Labute approximate surface area is 219 Å². The van der Waals surface area contributed by atoms with Gasteiger partial charge in [-0.05, 0) is 25.8 Å². The van der Waals surface area contributed by atoms with E-state index in [9.17, 15) is 24.3 Å². The van der Waals surface area contributed by atoms with E-state index in [0.29, 0.717) is 17.6 Å². The van der Waals surface area contributed by atoms with E-state index in [1.807, 2.05) is 27.7 Å². The van der Waals surface area contributed by atoms with Crippen molar-refractivity contribution in [1.82, 2.24) is 0 Å². The van der Waals surface area contributed by atoms with Gasteiger partial charge < -0.3 is 28.8 Å². The smallest absolute Gasteiger partial charge is 0.333 e. The summed E-state index contributed by atoms with van der Waals surface area (Å²) in [5.74, 6) is -3.62. The second-order valence-electron chi connectivity index (χ2n) is 12.3. The Morgan fingerprint density at radius 2 is 1.84 bits per heavy atom. The molecule has 204 valence electrons. The van der Waals surface area contributed by atoms with E-state index in [1.165, 1.54) is 19.1 Å². The Hall–Kier alpha value is -2.98. The molecule has 6 aliphatic rings. The van der Waals surface area contributed by atoms with Gasteiger partial charge in [0.2, 0.25) is 6.29 Å². The standard InChI is InChI=1S/C28H32O10/c1-12-21-22(35-18(30)7-8-26(21,5)16-11-20(32)38-25(16,3)4)23(34-13(2)29)27(6)15(10-17-28(12,27)37-17)14-9-19(31)36-24(14)33/h7-9,15-17,21-24,33H,1,10-11H2,2-6H3/t15-,16-,17+,21+,22+,23-,24+,26-,27+,28+/m0/s1. The minimum atomic E-state index is -1.44. The number of aliphatic hydroxyl groups is 1. The minimum Gasteiger partial charge on any atom is -0.459 e. The first-order chi connectivity index (χ1) is 17.7. The lowest BCUT2D eigenvalue weighted by Crippen LogP contribution is -2.66. The van der Waals surface area contributed by atoms with Crippen LogP contribution in [-0.4, -0.2) is 64.8 Å². The summed E-state index contributed by atoms with van der Waals surface area (Å²) in [6, 6.07) is 0. The van der Waals surface area contributed by atoms with E-state index in [1.54, 1.807) is 6.08 Å². The molecule has 0 aromatic rings. The molecule has 0 amide bonds. The summed E-state index contributed by atoms with van der Waals surface area (Å²) in [5.41, 5.74) is -2.71. The largest absolute Gasteiger partial charge is 0.459 e. The van der Waals surface area contributed by atoms with E-state index in [4.69, 9.17) is 23.7 Å². The van der Waals surface area contributed by atoms with E-state index >= 15 is 0 Å². The number of rotatable bonds is 3. The summed E-state index contributed by atoms with van der Waals surface area (Å²) in [4.78, 5) is 50.0. The molecule has 38 heavy (non-hydrogen) atoms. The Balaban J connectivity index is 1.54. The fraction of sp³-hybridized carbons (Fsp3) is 0.643. The molecule has 0 aromatic heterocycles. The topological polar surface area (TPSA) is 138 Å². The maximum Gasteiger partial charge on any atom is 0.333 e. The predicted octanol–water partition coefficient (Wildman–Crippen LogP) is 1.90. The molecule has 2 saturated carbocycles. The van der Waals surface area contributed by atoms with Gasteiger partial charge in [-0.1, -0.05) is 26.5 Å². The van der Waals surface area contributed by atoms with Crippen LogP contribution in [0.1, 0.15) is 47.5 Å². The zero-order valence-electron chi connectivity index (χ0n) is 22.0. The number of carbonyl (C=O) groups is 4. The fourth-order valence-corrected chi connectivity index (χ4v) is 8.63. The number of carbonyl (C=O) groups excluding carboxylic acids is 4. The number of aliphatic hydroxyl groups excluding tert-OH is 1. The van der Waals surface area contributed by atoms with Crippen LogP contribution in [0.15, 0.2) is 36.0 Å². The summed E-state index contributed by atoms with van der Waals surface area (Å²) in [7, 11) is 0. The van der Waals surface area contributed by atoms with Crippen molar-refractivity contribution in [2.45, 2.75) is 83.3 Å². The lowest BCUT2D eigenvalue weighted by atomic mass is 9.49. The molecule has 4 heterocycles. The molecule has 0 aromatic carbocycles. The zero-order chi connectivity index (χ0) is 27.6. The van der Waals surface area contributed by atoms with Crippen molar-refractivity contribution < 1.29 is 48.0 Å². The molecule has 4 aliphatic heterocycles. The van der Waals surface area contributed by atoms with Crippen molar-refractivity contribution in [1.29, 1.82) is 0 Å². The Morgan fingerprint density at radius 3 is 2.42 bits per heavy atom. The number of allylic oxidation sites excluding steroid dienone is 1. The zero-order valence-corrected chi connectivity index (χ0v) is 22.0. The average molecular weight is 529 g/mol. The lowest BCUT2D eigenvalue weighted by molar-refractivity contribution is -0.206. The molecule has 6 rings (SSSR count). The van der Waals surface area contributed by atoms with Gasteiger partial charge in [0.1, 0.15) is 23.4 Å². The number of esters is 4. The van der Waals surface area contributed by atoms with Crippen LogP contribution in [0.3, 0.4) is 0 Å². The van der Waals surface area contributed by atoms with Crippen molar-refractivity contribution in [2.24, 2.45) is 28.6 Å². The van der Waals surface area contributed by atoms with E-state index < -0.39 is 70.3 Å². The molecule has 1 N–H and O–H groups in total. The van der Waals surface area contributed by atoms with Crippen LogP contribution in [0, 0.1) is 28.6 Å². The predicted molar refractivity (Wildman–Crippen MR) is 128 cm³/mol. The summed E-state index contributed by atoms with van der Waals surface area (Å²) >= 11 is 0. The molecule has 10 atom stereocenters. The molecule has 2 saturated heterocycles. The van der Waals surface area contributed by atoms with Crippen LogP contribution in [0.5, 0.6) is 0 Å². The monoisotopic (exact) mass is 528 g/mol. The van der Waals surface area contributed by atoms with Gasteiger partial charge in [0, 0.05) is 47.8 Å². The fourth-order valence-electron chi connectivity index (χ4n) is 8.63. The molecule has 10 heteroatoms. The Bertz CT molecular complexity index is 1250. The summed E-state index contributed by atoms with van der Waals surface area (Å²) in [6.07, 6.45) is 1.18. The molecule has 4 fully saturated rings. The van der Waals surface area contributed by atoms with Gasteiger partial charge in [-0.2, -0.15) is 0 Å². The van der Waals surface area contributed by atoms with Gasteiger partial charge >= 0.3 is 23.9 Å². The first-order valence-electron chi connectivity index (χ1n) is 12.9. The average Bonchev–Trinajstić information content (AvgIpc) is 3.27. The highest BCUT2D eigenvalue weighted by Crippen LogP contribution is 2.76. The first-order valence-corrected chi connectivity index (χ1v) is 12.9. The van der Waals surface area contributed by atoms with Crippen molar-refractivity contribution in [3.05, 3.63) is 36.0 Å². The molecule has 1 spiro atoms. The van der Waals surface area contributed by atoms with Gasteiger partial charge in [-0.3, -0.25) is 9.59 Å². The number of epoxide rings is 1. The number of fused-ring (bicyclic) bond motifs is 1. The third-order valence-corrected chi connectivity index (χ3v) is 10.1. The molecular weight excluding hydrogens is 496 g/mol. The van der Waals surface area contributed by atoms with Crippen LogP contribution in [0.25, 0.3) is 0 Å². The molecule has 0 bridgehead atoms. The highest BCUT2D eigenvalue weighted by atomic mass is 16.6. The SMILES string of the molecule is C=C1[C@@H]2[C@@H](OC(=O)C=C[C@@]2(C)[C@H]2CC(=O)OC2(C)C)[C@H](OC(C)=O)[C@@]2(C)[C@H](C3=CC(=O)O[C@H]3O)C[C@H]3O[C@]132. The number of ether oxygens (including phenoxy) is 5. The van der Waals surface area contributed by atoms with Crippen LogP contribution in [0.4, 0.5) is 0 Å². The summed E-state index contributed by atoms with van der Waals surface area (Å²) in [5, 5.41) is 10.6. The summed E-state index contributed by atoms with van der Waals surface area (Å²) in [6.45, 7) is 13.3. The van der Waals surface area contributed by atoms with Gasteiger partial charge in [-0.15, -0.1) is 0 Å². The van der Waals surface area contributed by atoms with E-state index in [0.717, 1.165) is 0 Å². The van der Waals surface area contributed by atoms with Crippen molar-refractivity contribution in [3.63, 3.8) is 0 Å². The highest BCUT2D eigenvalue weighted by molar-refractivity contribution is 5.86. The van der Waals surface area contributed by atoms with Gasteiger partial charge in [0.25, 0.3) is 0 Å². The van der Waals surface area contributed by atoms with E-state index in [2.05, 4.69) is 6.58 Å². The molecular formula is C28H32O10. The van der Waals surface area contributed by atoms with E-state index in [-0.39, 0.29) is 24.4 Å². The van der Waals surface area contributed by atoms with Crippen LogP contribution >= 0.6 is 0 Å².